The van der Waals surface area contributed by atoms with E-state index in [0.717, 1.165) is 24.4 Å². The maximum Gasteiger partial charge on any atom is 0.160 e. The van der Waals surface area contributed by atoms with E-state index >= 15 is 0 Å². The van der Waals surface area contributed by atoms with Gasteiger partial charge in [0.1, 0.15) is 5.82 Å². The summed E-state index contributed by atoms with van der Waals surface area (Å²) >= 11 is 0. The van der Waals surface area contributed by atoms with E-state index in [1.807, 2.05) is 28.8 Å². The summed E-state index contributed by atoms with van der Waals surface area (Å²) in [6.07, 6.45) is 5.38. The largest absolute Gasteiger partial charge is 0.314 e. The lowest BCUT2D eigenvalue weighted by Gasteiger charge is -2.11. The number of rotatable bonds is 6. The van der Waals surface area contributed by atoms with Gasteiger partial charge in [-0.25, -0.2) is 0 Å². The van der Waals surface area contributed by atoms with Gasteiger partial charge in [0.15, 0.2) is 5.65 Å². The first-order valence-corrected chi connectivity index (χ1v) is 6.33. The third kappa shape index (κ3) is 3.03. The molecule has 92 valence electrons. The fourth-order valence-corrected chi connectivity index (χ4v) is 2.03. The van der Waals surface area contributed by atoms with Gasteiger partial charge in [0, 0.05) is 25.2 Å². The van der Waals surface area contributed by atoms with Crippen LogP contribution in [-0.4, -0.2) is 27.2 Å². The highest BCUT2D eigenvalue weighted by atomic mass is 15.2. The zero-order chi connectivity index (χ0) is 12.1. The molecule has 2 aromatic heterocycles. The van der Waals surface area contributed by atoms with Crippen LogP contribution < -0.4 is 5.32 Å². The molecule has 0 aliphatic heterocycles. The Morgan fingerprint density at radius 1 is 1.35 bits per heavy atom. The second-order valence-corrected chi connectivity index (χ2v) is 4.44. The quantitative estimate of drug-likeness (QED) is 0.829. The molecule has 2 rings (SSSR count). The summed E-state index contributed by atoms with van der Waals surface area (Å²) in [5, 5.41) is 11.9. The van der Waals surface area contributed by atoms with Crippen molar-refractivity contribution in [3.63, 3.8) is 0 Å². The Bertz CT molecular complexity index is 463. The highest BCUT2D eigenvalue weighted by Gasteiger charge is 2.05. The van der Waals surface area contributed by atoms with Crippen LogP contribution in [0.5, 0.6) is 0 Å². The smallest absolute Gasteiger partial charge is 0.160 e. The molecule has 2 heterocycles. The minimum absolute atomic E-state index is 0.583. The Morgan fingerprint density at radius 3 is 3.06 bits per heavy atom. The predicted octanol–water partition coefficient (Wildman–Crippen LogP) is 2.05. The molecule has 0 radical (unpaired) electrons. The van der Waals surface area contributed by atoms with E-state index in [2.05, 4.69) is 29.4 Å². The summed E-state index contributed by atoms with van der Waals surface area (Å²) in [4.78, 5) is 0. The zero-order valence-corrected chi connectivity index (χ0v) is 10.6. The molecule has 2 aromatic rings. The van der Waals surface area contributed by atoms with Crippen molar-refractivity contribution in [1.82, 2.24) is 19.9 Å². The molecule has 0 aliphatic carbocycles. The minimum Gasteiger partial charge on any atom is -0.314 e. The van der Waals surface area contributed by atoms with E-state index in [4.69, 9.17) is 0 Å². The Morgan fingerprint density at radius 2 is 2.24 bits per heavy atom. The molecule has 0 fully saturated rings. The number of fused-ring (bicyclic) bond motifs is 1. The number of hydrogen-bond acceptors (Lipinski definition) is 3. The molecule has 0 bridgehead atoms. The Labute approximate surface area is 102 Å². The zero-order valence-electron chi connectivity index (χ0n) is 10.6. The highest BCUT2D eigenvalue weighted by molar-refractivity contribution is 5.36. The molecule has 0 aromatic carbocycles. The fraction of sp³-hybridized carbons (Fsp3) is 0.538. The monoisotopic (exact) mass is 232 g/mol. The summed E-state index contributed by atoms with van der Waals surface area (Å²) in [7, 11) is 0. The molecule has 1 atom stereocenters. The molecule has 4 heteroatoms. The molecular weight excluding hydrogens is 212 g/mol. The van der Waals surface area contributed by atoms with Gasteiger partial charge in [-0.15, -0.1) is 10.2 Å². The van der Waals surface area contributed by atoms with E-state index in [-0.39, 0.29) is 0 Å². The maximum atomic E-state index is 4.21. The van der Waals surface area contributed by atoms with Crippen LogP contribution in [0.25, 0.3) is 5.65 Å². The van der Waals surface area contributed by atoms with Gasteiger partial charge in [0.05, 0.1) is 0 Å². The van der Waals surface area contributed by atoms with Crippen molar-refractivity contribution in [3.05, 3.63) is 30.2 Å². The first kappa shape index (κ1) is 12.0. The number of hydrogen-bond donors (Lipinski definition) is 1. The molecule has 4 nitrogen and oxygen atoms in total. The summed E-state index contributed by atoms with van der Waals surface area (Å²) in [6, 6.07) is 6.55. The second-order valence-electron chi connectivity index (χ2n) is 4.44. The molecule has 0 spiro atoms. The Kier molecular flexibility index (Phi) is 4.09. The van der Waals surface area contributed by atoms with E-state index in [1.54, 1.807) is 0 Å². The third-order valence-electron chi connectivity index (χ3n) is 2.95. The van der Waals surface area contributed by atoms with Gasteiger partial charge in [-0.2, -0.15) is 0 Å². The van der Waals surface area contributed by atoms with Crippen LogP contribution in [0.3, 0.4) is 0 Å². The van der Waals surface area contributed by atoms with E-state index < -0.39 is 0 Å². The van der Waals surface area contributed by atoms with E-state index in [9.17, 15) is 0 Å². The normalized spacial score (nSPS) is 13.1. The van der Waals surface area contributed by atoms with E-state index in [0.29, 0.717) is 6.04 Å². The number of nitrogens with one attached hydrogen (secondary N) is 1. The lowest BCUT2D eigenvalue weighted by Crippen LogP contribution is -2.28. The van der Waals surface area contributed by atoms with Crippen molar-refractivity contribution in [2.24, 2.45) is 0 Å². The van der Waals surface area contributed by atoms with Crippen LogP contribution >= 0.6 is 0 Å². The lowest BCUT2D eigenvalue weighted by atomic mass is 10.2. The van der Waals surface area contributed by atoms with Crippen molar-refractivity contribution in [3.8, 4) is 0 Å². The first-order chi connectivity index (χ1) is 8.31. The third-order valence-corrected chi connectivity index (χ3v) is 2.95. The van der Waals surface area contributed by atoms with Crippen LogP contribution in [0, 0.1) is 0 Å². The van der Waals surface area contributed by atoms with Gasteiger partial charge in [0.25, 0.3) is 0 Å². The molecule has 17 heavy (non-hydrogen) atoms. The van der Waals surface area contributed by atoms with Crippen LogP contribution in [0.1, 0.15) is 32.5 Å². The SMILES string of the molecule is CCCC(C)NCCc1nnc2ccccn12. The number of pyridine rings is 1. The van der Waals surface area contributed by atoms with Gasteiger partial charge < -0.3 is 5.32 Å². The fourth-order valence-electron chi connectivity index (χ4n) is 2.03. The van der Waals surface area contributed by atoms with Gasteiger partial charge in [0.2, 0.25) is 0 Å². The van der Waals surface area contributed by atoms with Crippen LogP contribution in [0.2, 0.25) is 0 Å². The second kappa shape index (κ2) is 5.77. The summed E-state index contributed by atoms with van der Waals surface area (Å²) < 4.78 is 2.05. The molecule has 0 saturated heterocycles. The summed E-state index contributed by atoms with van der Waals surface area (Å²) in [5.41, 5.74) is 0.920. The van der Waals surface area contributed by atoms with Gasteiger partial charge in [-0.05, 0) is 25.5 Å². The lowest BCUT2D eigenvalue weighted by molar-refractivity contribution is 0.508. The van der Waals surface area contributed by atoms with E-state index in [1.165, 1.54) is 12.8 Å². The molecule has 0 saturated carbocycles. The molecule has 0 amide bonds. The van der Waals surface area contributed by atoms with Gasteiger partial charge >= 0.3 is 0 Å². The molecule has 1 N–H and O–H groups in total. The molecular formula is C13H20N4. The van der Waals surface area contributed by atoms with Crippen molar-refractivity contribution in [2.45, 2.75) is 39.2 Å². The van der Waals surface area contributed by atoms with Crippen molar-refractivity contribution < 1.29 is 0 Å². The standard InChI is InChI=1S/C13H20N4/c1-3-6-11(2)14-9-8-13-16-15-12-7-4-5-10-17(12)13/h4-5,7,10-11,14H,3,6,8-9H2,1-2H3. The number of nitrogens with zero attached hydrogens (tertiary/aromatic N) is 3. The maximum absolute atomic E-state index is 4.21. The highest BCUT2D eigenvalue weighted by Crippen LogP contribution is 2.03. The molecule has 0 aliphatic rings. The predicted molar refractivity (Wildman–Crippen MR) is 69.1 cm³/mol. The topological polar surface area (TPSA) is 42.2 Å². The minimum atomic E-state index is 0.583. The summed E-state index contributed by atoms with van der Waals surface area (Å²) in [6.45, 7) is 5.40. The average molecular weight is 232 g/mol. The van der Waals surface area contributed by atoms with Crippen molar-refractivity contribution in [1.29, 1.82) is 0 Å². The van der Waals surface area contributed by atoms with Crippen LogP contribution in [-0.2, 0) is 6.42 Å². The van der Waals surface area contributed by atoms with Gasteiger partial charge in [-0.3, -0.25) is 4.40 Å². The summed E-state index contributed by atoms with van der Waals surface area (Å²) in [5.74, 6) is 1.02. The first-order valence-electron chi connectivity index (χ1n) is 6.33. The molecule has 1 unspecified atom stereocenters. The Hall–Kier alpha value is -1.42. The van der Waals surface area contributed by atoms with Crippen molar-refractivity contribution >= 4 is 5.65 Å². The van der Waals surface area contributed by atoms with Crippen molar-refractivity contribution in [2.75, 3.05) is 6.54 Å². The average Bonchev–Trinajstić information content (AvgIpc) is 2.73. The van der Waals surface area contributed by atoms with Gasteiger partial charge in [-0.1, -0.05) is 19.4 Å². The van der Waals surface area contributed by atoms with Crippen LogP contribution in [0.15, 0.2) is 24.4 Å². The Balaban J connectivity index is 1.91. The van der Waals surface area contributed by atoms with Crippen LogP contribution in [0.4, 0.5) is 0 Å². The number of aromatic nitrogens is 3.